The standard InChI is InChI=1S/C27H37NO6.C10H18N2O/c1-3-28(25-8-11-31-12-9-25)27-19-23(18-24(20-30)21(27)2)22-4-6-26(7-5-22)34-17-16-33-15-14-32-13-10-29;1-8(5-9(2)12-4)10(7-13)6-11-3/h4-7,18-20,25,29H,3,8-17H2,1-2H3;5,7,11-12H,6H2,1-4H3/b;9-5-,10-8-. The molecule has 0 radical (unpaired) electrons. The third-order valence-corrected chi connectivity index (χ3v) is 7.96. The summed E-state index contributed by atoms with van der Waals surface area (Å²) in [6.07, 6.45) is 5.80. The second kappa shape index (κ2) is 22.9. The average Bonchev–Trinajstić information content (AvgIpc) is 3.10. The van der Waals surface area contributed by atoms with Crippen molar-refractivity contribution in [2.24, 2.45) is 0 Å². The zero-order valence-electron chi connectivity index (χ0n) is 29.1. The molecule has 3 rings (SSSR count). The third-order valence-electron chi connectivity index (χ3n) is 7.96. The summed E-state index contributed by atoms with van der Waals surface area (Å²) in [6.45, 7) is 13.3. The maximum absolute atomic E-state index is 11.9. The number of ether oxygens (including phenoxy) is 4. The first kappa shape index (κ1) is 39.6. The molecule has 0 bridgehead atoms. The third kappa shape index (κ3) is 13.6. The molecule has 0 unspecified atom stereocenters. The summed E-state index contributed by atoms with van der Waals surface area (Å²) in [6, 6.07) is 12.5. The van der Waals surface area contributed by atoms with Crippen LogP contribution in [0.2, 0.25) is 0 Å². The van der Waals surface area contributed by atoms with Crippen LogP contribution >= 0.6 is 0 Å². The van der Waals surface area contributed by atoms with Gasteiger partial charge in [0.2, 0.25) is 0 Å². The van der Waals surface area contributed by atoms with Crippen LogP contribution in [-0.4, -0.2) is 104 Å². The molecule has 0 amide bonds. The van der Waals surface area contributed by atoms with E-state index in [1.165, 1.54) is 0 Å². The number of hydrogen-bond acceptors (Lipinski definition) is 10. The molecule has 1 aliphatic heterocycles. The number of benzene rings is 2. The number of aldehydes is 2. The van der Waals surface area contributed by atoms with Crippen LogP contribution in [0.25, 0.3) is 11.1 Å². The summed E-state index contributed by atoms with van der Waals surface area (Å²) in [5.41, 5.74) is 7.76. The van der Waals surface area contributed by atoms with Crippen LogP contribution in [0, 0.1) is 6.92 Å². The Balaban J connectivity index is 0.000000500. The van der Waals surface area contributed by atoms with Gasteiger partial charge < -0.3 is 39.6 Å². The summed E-state index contributed by atoms with van der Waals surface area (Å²) in [4.78, 5) is 24.9. The highest BCUT2D eigenvalue weighted by molar-refractivity contribution is 5.86. The molecule has 0 aliphatic carbocycles. The molecule has 10 heteroatoms. The van der Waals surface area contributed by atoms with Crippen LogP contribution in [0.3, 0.4) is 0 Å². The van der Waals surface area contributed by atoms with Gasteiger partial charge in [-0.1, -0.05) is 12.1 Å². The van der Waals surface area contributed by atoms with Crippen molar-refractivity contribution in [1.82, 2.24) is 10.6 Å². The number of likely N-dealkylation sites (N-methyl/N-ethyl adjacent to an activating group) is 1. The highest BCUT2D eigenvalue weighted by Gasteiger charge is 2.23. The van der Waals surface area contributed by atoms with Crippen molar-refractivity contribution in [2.45, 2.75) is 46.6 Å². The monoisotopic (exact) mass is 653 g/mol. The molecule has 260 valence electrons. The molecule has 3 N–H and O–H groups in total. The quantitative estimate of drug-likeness (QED) is 0.0850. The second-order valence-corrected chi connectivity index (χ2v) is 11.2. The number of carbonyl (C=O) groups excluding carboxylic acids is 2. The number of nitrogens with one attached hydrogen (secondary N) is 2. The molecule has 0 aromatic heterocycles. The number of anilines is 1. The molecule has 1 aliphatic rings. The second-order valence-electron chi connectivity index (χ2n) is 11.2. The van der Waals surface area contributed by atoms with Crippen LogP contribution < -0.4 is 20.3 Å². The maximum Gasteiger partial charge on any atom is 0.150 e. The Morgan fingerprint density at radius 1 is 0.979 bits per heavy atom. The Labute approximate surface area is 281 Å². The lowest BCUT2D eigenvalue weighted by Gasteiger charge is -2.36. The summed E-state index contributed by atoms with van der Waals surface area (Å²) in [5.74, 6) is 0.768. The molecule has 0 saturated carbocycles. The van der Waals surface area contributed by atoms with Crippen molar-refractivity contribution in [1.29, 1.82) is 0 Å². The minimum Gasteiger partial charge on any atom is -0.491 e. The molecule has 1 heterocycles. The minimum absolute atomic E-state index is 0.0201. The maximum atomic E-state index is 11.9. The highest BCUT2D eigenvalue weighted by atomic mass is 16.5. The molecule has 0 spiro atoms. The van der Waals surface area contributed by atoms with Gasteiger partial charge in [-0.25, -0.2) is 0 Å². The Morgan fingerprint density at radius 2 is 1.64 bits per heavy atom. The number of carbonyl (C=O) groups is 2. The normalized spacial score (nSPS) is 14.1. The number of aliphatic hydroxyl groups is 1. The molecular formula is C37H55N3O7. The van der Waals surface area contributed by atoms with Crippen LogP contribution in [0.15, 0.2) is 59.3 Å². The Hall–Kier alpha value is -3.54. The number of nitrogens with zero attached hydrogens (tertiary/aromatic N) is 1. The van der Waals surface area contributed by atoms with E-state index in [9.17, 15) is 9.59 Å². The van der Waals surface area contributed by atoms with E-state index >= 15 is 0 Å². The van der Waals surface area contributed by atoms with Crippen molar-refractivity contribution < 1.29 is 33.6 Å². The van der Waals surface area contributed by atoms with Crippen LogP contribution in [0.4, 0.5) is 5.69 Å². The fraction of sp³-hybridized carbons (Fsp3) is 0.514. The molecular weight excluding hydrogens is 598 g/mol. The Bertz CT molecular complexity index is 1270. The summed E-state index contributed by atoms with van der Waals surface area (Å²) < 4.78 is 21.9. The van der Waals surface area contributed by atoms with E-state index in [2.05, 4.69) is 28.5 Å². The number of allylic oxidation sites excluding steroid dienone is 3. The van der Waals surface area contributed by atoms with E-state index in [0.29, 0.717) is 45.6 Å². The summed E-state index contributed by atoms with van der Waals surface area (Å²) >= 11 is 0. The molecule has 47 heavy (non-hydrogen) atoms. The van der Waals surface area contributed by atoms with Crippen LogP contribution in [0.1, 0.15) is 49.5 Å². The predicted octanol–water partition coefficient (Wildman–Crippen LogP) is 4.73. The van der Waals surface area contributed by atoms with E-state index in [0.717, 1.165) is 95.7 Å². The zero-order valence-corrected chi connectivity index (χ0v) is 29.1. The predicted molar refractivity (Wildman–Crippen MR) is 189 cm³/mol. The number of aliphatic hydroxyl groups excluding tert-OH is 1. The van der Waals surface area contributed by atoms with Crippen LogP contribution in [-0.2, 0) is 19.0 Å². The lowest BCUT2D eigenvalue weighted by molar-refractivity contribution is -0.105. The number of hydrogen-bond donors (Lipinski definition) is 3. The molecule has 2 aromatic rings. The summed E-state index contributed by atoms with van der Waals surface area (Å²) in [7, 11) is 3.68. The first-order valence-corrected chi connectivity index (χ1v) is 16.4. The van der Waals surface area contributed by atoms with Gasteiger partial charge in [-0.05, 0) is 100 Å². The number of rotatable bonds is 19. The van der Waals surface area contributed by atoms with E-state index in [1.54, 1.807) is 0 Å². The molecule has 1 saturated heterocycles. The van der Waals surface area contributed by atoms with Gasteiger partial charge in [0, 0.05) is 61.9 Å². The minimum atomic E-state index is 0.0201. The fourth-order valence-electron chi connectivity index (χ4n) is 5.23. The van der Waals surface area contributed by atoms with Crippen molar-refractivity contribution in [2.75, 3.05) is 84.9 Å². The largest absolute Gasteiger partial charge is 0.491 e. The van der Waals surface area contributed by atoms with E-state index < -0.39 is 0 Å². The van der Waals surface area contributed by atoms with Crippen molar-refractivity contribution >= 4 is 18.3 Å². The topological polar surface area (TPSA) is 119 Å². The van der Waals surface area contributed by atoms with Gasteiger partial charge in [0.05, 0.1) is 33.0 Å². The molecule has 1 fully saturated rings. The van der Waals surface area contributed by atoms with Crippen molar-refractivity contribution in [3.05, 3.63) is 70.4 Å². The van der Waals surface area contributed by atoms with Gasteiger partial charge in [-0.3, -0.25) is 9.59 Å². The van der Waals surface area contributed by atoms with Gasteiger partial charge in [-0.2, -0.15) is 0 Å². The van der Waals surface area contributed by atoms with Crippen molar-refractivity contribution in [3.63, 3.8) is 0 Å². The zero-order chi connectivity index (χ0) is 34.4. The van der Waals surface area contributed by atoms with E-state index in [4.69, 9.17) is 24.1 Å². The van der Waals surface area contributed by atoms with Gasteiger partial charge in [-0.15, -0.1) is 0 Å². The lowest BCUT2D eigenvalue weighted by atomic mass is 9.96. The Morgan fingerprint density at radius 3 is 2.21 bits per heavy atom. The van der Waals surface area contributed by atoms with Gasteiger partial charge in [0.25, 0.3) is 0 Å². The molecule has 10 nitrogen and oxygen atoms in total. The van der Waals surface area contributed by atoms with E-state index in [1.807, 2.05) is 71.3 Å². The van der Waals surface area contributed by atoms with Gasteiger partial charge >= 0.3 is 0 Å². The SMILES string of the molecule is CCN(c1cc(-c2ccc(OCCOCCOCCO)cc2)cc(C=O)c1C)C1CCOCC1.CNC/C(C=O)=C(C)/C=C(/C)NC. The Kier molecular flexibility index (Phi) is 19.3. The molecule has 2 aromatic carbocycles. The highest BCUT2D eigenvalue weighted by Crippen LogP contribution is 2.33. The average molecular weight is 654 g/mol. The first-order chi connectivity index (χ1) is 22.8. The first-order valence-electron chi connectivity index (χ1n) is 16.4. The van der Waals surface area contributed by atoms with Gasteiger partial charge in [0.1, 0.15) is 24.9 Å². The molecule has 0 atom stereocenters. The fourth-order valence-corrected chi connectivity index (χ4v) is 5.23. The summed E-state index contributed by atoms with van der Waals surface area (Å²) in [5, 5.41) is 14.6. The lowest BCUT2D eigenvalue weighted by Crippen LogP contribution is -2.40. The smallest absolute Gasteiger partial charge is 0.150 e. The van der Waals surface area contributed by atoms with Crippen molar-refractivity contribution in [3.8, 4) is 16.9 Å². The van der Waals surface area contributed by atoms with Crippen LogP contribution in [0.5, 0.6) is 5.75 Å². The van der Waals surface area contributed by atoms with Gasteiger partial charge in [0.15, 0.2) is 0 Å². The van der Waals surface area contributed by atoms with E-state index in [-0.39, 0.29) is 6.61 Å².